The predicted molar refractivity (Wildman–Crippen MR) is 105 cm³/mol. The monoisotopic (exact) mass is 430 g/mol. The van der Waals surface area contributed by atoms with Crippen LogP contribution in [0.15, 0.2) is 23.2 Å². The van der Waals surface area contributed by atoms with E-state index in [1.807, 2.05) is 11.5 Å². The Hall–Kier alpha value is -1.60. The van der Waals surface area contributed by atoms with E-state index in [1.165, 1.54) is 11.3 Å². The molecule has 1 aliphatic carbocycles. The third-order valence-corrected chi connectivity index (χ3v) is 6.63. The molecule has 1 heterocycles. The van der Waals surface area contributed by atoms with Crippen molar-refractivity contribution in [3.05, 3.63) is 49.7 Å². The molecular formula is C20H22ClF3N2OS. The molecule has 1 saturated carbocycles. The molecule has 0 atom stereocenters. The van der Waals surface area contributed by atoms with Gasteiger partial charge in [-0.15, -0.1) is 11.3 Å². The van der Waals surface area contributed by atoms with Gasteiger partial charge in [0.05, 0.1) is 16.1 Å². The molecule has 1 aromatic carbocycles. The zero-order valence-electron chi connectivity index (χ0n) is 16.2. The quantitative estimate of drug-likeness (QED) is 0.589. The number of carbonyl (C=O) groups is 1. The molecule has 0 spiro atoms. The molecule has 1 amide bonds. The maximum absolute atomic E-state index is 13.0. The van der Waals surface area contributed by atoms with E-state index in [2.05, 4.69) is 25.8 Å². The highest BCUT2D eigenvalue weighted by Crippen LogP contribution is 2.34. The molecule has 8 heteroatoms. The first-order valence-corrected chi connectivity index (χ1v) is 10.2. The summed E-state index contributed by atoms with van der Waals surface area (Å²) in [6.07, 6.45) is -2.27. The number of rotatable bonds is 3. The molecule has 152 valence electrons. The number of amides is 1. The van der Waals surface area contributed by atoms with Crippen molar-refractivity contribution in [3.8, 4) is 0 Å². The van der Waals surface area contributed by atoms with Crippen LogP contribution in [0.1, 0.15) is 60.1 Å². The number of aromatic nitrogens is 1. The Morgan fingerprint density at radius 3 is 2.46 bits per heavy atom. The van der Waals surface area contributed by atoms with E-state index in [-0.39, 0.29) is 16.0 Å². The Morgan fingerprint density at radius 2 is 1.93 bits per heavy atom. The van der Waals surface area contributed by atoms with E-state index in [4.69, 9.17) is 11.6 Å². The van der Waals surface area contributed by atoms with Crippen LogP contribution in [0.4, 0.5) is 13.2 Å². The highest BCUT2D eigenvalue weighted by molar-refractivity contribution is 7.09. The second-order valence-corrected chi connectivity index (χ2v) is 9.60. The zero-order chi connectivity index (χ0) is 20.9. The van der Waals surface area contributed by atoms with Gasteiger partial charge in [0.2, 0.25) is 0 Å². The van der Waals surface area contributed by atoms with Crippen molar-refractivity contribution in [2.24, 2.45) is 10.9 Å². The minimum atomic E-state index is -4.55. The molecule has 28 heavy (non-hydrogen) atoms. The van der Waals surface area contributed by atoms with Gasteiger partial charge < -0.3 is 4.57 Å². The Kier molecular flexibility index (Phi) is 5.53. The van der Waals surface area contributed by atoms with Crippen LogP contribution in [-0.4, -0.2) is 10.5 Å². The summed E-state index contributed by atoms with van der Waals surface area (Å²) in [5, 5.41) is -0.0418. The van der Waals surface area contributed by atoms with Gasteiger partial charge in [-0.05, 0) is 49.3 Å². The van der Waals surface area contributed by atoms with Crippen LogP contribution in [0, 0.1) is 12.8 Å². The van der Waals surface area contributed by atoms with Gasteiger partial charge in [-0.3, -0.25) is 4.79 Å². The van der Waals surface area contributed by atoms with Gasteiger partial charge in [0, 0.05) is 17.1 Å². The number of alkyl halides is 3. The molecule has 0 bridgehead atoms. The lowest BCUT2D eigenvalue weighted by Crippen LogP contribution is -2.20. The van der Waals surface area contributed by atoms with Crippen LogP contribution >= 0.6 is 22.9 Å². The van der Waals surface area contributed by atoms with Crippen molar-refractivity contribution in [1.82, 2.24) is 4.57 Å². The summed E-state index contributed by atoms with van der Waals surface area (Å²) >= 11 is 7.41. The van der Waals surface area contributed by atoms with Gasteiger partial charge in [-0.25, -0.2) is 0 Å². The number of thiazole rings is 1. The van der Waals surface area contributed by atoms with Gasteiger partial charge in [-0.2, -0.15) is 18.2 Å². The molecule has 3 nitrogen and oxygen atoms in total. The Balaban J connectivity index is 2.09. The summed E-state index contributed by atoms with van der Waals surface area (Å²) in [6, 6.07) is 2.72. The number of benzene rings is 1. The minimum absolute atomic E-state index is 0.0418. The highest BCUT2D eigenvalue weighted by atomic mass is 35.5. The maximum atomic E-state index is 13.0. The largest absolute Gasteiger partial charge is 0.416 e. The first kappa shape index (κ1) is 21.1. The topological polar surface area (TPSA) is 34.4 Å². The van der Waals surface area contributed by atoms with Crippen molar-refractivity contribution < 1.29 is 18.0 Å². The molecule has 0 radical (unpaired) electrons. The van der Waals surface area contributed by atoms with Gasteiger partial charge >= 0.3 is 6.18 Å². The molecule has 0 unspecified atom stereocenters. The molecule has 0 N–H and O–H groups in total. The summed E-state index contributed by atoms with van der Waals surface area (Å²) < 4.78 is 41.0. The van der Waals surface area contributed by atoms with Gasteiger partial charge in [0.1, 0.15) is 0 Å². The van der Waals surface area contributed by atoms with Crippen molar-refractivity contribution in [3.63, 3.8) is 0 Å². The summed E-state index contributed by atoms with van der Waals surface area (Å²) in [5.74, 6) is -0.199. The second kappa shape index (κ2) is 7.34. The van der Waals surface area contributed by atoms with Crippen LogP contribution in [-0.2, 0) is 18.1 Å². The lowest BCUT2D eigenvalue weighted by molar-refractivity contribution is -0.137. The first-order chi connectivity index (χ1) is 12.9. The van der Waals surface area contributed by atoms with Gasteiger partial charge in [0.25, 0.3) is 5.91 Å². The van der Waals surface area contributed by atoms with Crippen molar-refractivity contribution >= 4 is 28.8 Å². The number of hydrogen-bond donors (Lipinski definition) is 0. The van der Waals surface area contributed by atoms with Gasteiger partial charge in [-0.1, -0.05) is 32.4 Å². The first-order valence-electron chi connectivity index (χ1n) is 9.04. The van der Waals surface area contributed by atoms with Crippen LogP contribution in [0.3, 0.4) is 0 Å². The van der Waals surface area contributed by atoms with E-state index in [9.17, 15) is 18.0 Å². The van der Waals surface area contributed by atoms with Crippen molar-refractivity contribution in [2.45, 2.75) is 58.7 Å². The fourth-order valence-electron chi connectivity index (χ4n) is 3.05. The number of nitrogens with zero attached hydrogens (tertiary/aromatic N) is 2. The minimum Gasteiger partial charge on any atom is -0.320 e. The molecule has 2 aromatic rings. The Labute approximate surface area is 170 Å². The molecule has 1 aromatic heterocycles. The molecule has 0 saturated heterocycles. The van der Waals surface area contributed by atoms with Gasteiger partial charge in [0.15, 0.2) is 4.80 Å². The highest BCUT2D eigenvalue weighted by Gasteiger charge is 2.32. The fourth-order valence-corrected chi connectivity index (χ4v) is 4.45. The number of halogens is 4. The van der Waals surface area contributed by atoms with Crippen LogP contribution in [0.2, 0.25) is 5.02 Å². The predicted octanol–water partition coefficient (Wildman–Crippen LogP) is 5.98. The summed E-state index contributed by atoms with van der Waals surface area (Å²) in [4.78, 5) is 18.5. The number of carbonyl (C=O) groups excluding carboxylic acids is 1. The lowest BCUT2D eigenvalue weighted by Gasteiger charge is -2.17. The molecular weight excluding hydrogens is 409 g/mol. The van der Waals surface area contributed by atoms with E-state index < -0.39 is 17.6 Å². The summed E-state index contributed by atoms with van der Waals surface area (Å²) in [6.45, 7) is 9.02. The van der Waals surface area contributed by atoms with Crippen molar-refractivity contribution in [2.75, 3.05) is 0 Å². The zero-order valence-corrected chi connectivity index (χ0v) is 17.7. The smallest absolute Gasteiger partial charge is 0.320 e. The Morgan fingerprint density at radius 1 is 1.29 bits per heavy atom. The normalized spacial score (nSPS) is 15.9. The third-order valence-electron chi connectivity index (χ3n) is 4.70. The Bertz CT molecular complexity index is 979. The average molecular weight is 431 g/mol. The third kappa shape index (κ3) is 4.51. The SMILES string of the molecule is Cc1c(C(C)(C)C)sc(=NC(=O)c2cc(C(F)(F)F)ccc2Cl)n1CC1CC1. The molecule has 1 aliphatic rings. The molecule has 3 rings (SSSR count). The van der Waals surface area contributed by atoms with E-state index in [1.54, 1.807) is 0 Å². The molecule has 1 fully saturated rings. The van der Waals surface area contributed by atoms with E-state index in [0.717, 1.165) is 48.2 Å². The second-order valence-electron chi connectivity index (χ2n) is 8.21. The summed E-state index contributed by atoms with van der Waals surface area (Å²) in [5.41, 5.74) is -0.229. The van der Waals surface area contributed by atoms with E-state index >= 15 is 0 Å². The molecule has 0 aliphatic heterocycles. The average Bonchev–Trinajstić information content (AvgIpc) is 3.32. The maximum Gasteiger partial charge on any atom is 0.416 e. The van der Waals surface area contributed by atoms with E-state index in [0.29, 0.717) is 10.7 Å². The van der Waals surface area contributed by atoms with Crippen LogP contribution in [0.25, 0.3) is 0 Å². The van der Waals surface area contributed by atoms with Crippen LogP contribution < -0.4 is 4.80 Å². The lowest BCUT2D eigenvalue weighted by atomic mass is 9.93. The summed E-state index contributed by atoms with van der Waals surface area (Å²) in [7, 11) is 0. The van der Waals surface area contributed by atoms with Crippen molar-refractivity contribution in [1.29, 1.82) is 0 Å². The standard InChI is InChI=1S/C20H22ClF3N2OS/c1-11-16(19(2,3)4)28-18(26(11)10-12-5-6-12)25-17(27)14-9-13(20(22,23)24)7-8-15(14)21/h7-9,12H,5-6,10H2,1-4H3. The van der Waals surface area contributed by atoms with Crippen LogP contribution in [0.5, 0.6) is 0 Å². The fraction of sp³-hybridized carbons (Fsp3) is 0.500. The number of hydrogen-bond acceptors (Lipinski definition) is 2.